The van der Waals surface area contributed by atoms with E-state index in [1.54, 1.807) is 12.0 Å². The second-order valence-corrected chi connectivity index (χ2v) is 6.80. The van der Waals surface area contributed by atoms with Crippen molar-refractivity contribution < 1.29 is 23.8 Å². The maximum Gasteiger partial charge on any atom is 0.260 e. The van der Waals surface area contributed by atoms with Crippen molar-refractivity contribution in [3.63, 3.8) is 0 Å². The predicted molar refractivity (Wildman–Crippen MR) is 102 cm³/mol. The molecule has 7 heteroatoms. The molecule has 0 radical (unpaired) electrons. The van der Waals surface area contributed by atoms with Crippen LogP contribution in [0.4, 0.5) is 0 Å². The average molecular weight is 378 g/mol. The largest absolute Gasteiger partial charge is 0.484 e. The normalized spacial score (nSPS) is 14.9. The van der Waals surface area contributed by atoms with Gasteiger partial charge in [0.1, 0.15) is 12.4 Å². The highest BCUT2D eigenvalue weighted by Gasteiger charge is 2.24. The summed E-state index contributed by atoms with van der Waals surface area (Å²) < 4.78 is 15.7. The van der Waals surface area contributed by atoms with Gasteiger partial charge in [0.05, 0.1) is 13.2 Å². The predicted octanol–water partition coefficient (Wildman–Crippen LogP) is 1.45. The number of likely N-dealkylation sites (tertiary alicyclic amines) is 1. The van der Waals surface area contributed by atoms with Crippen molar-refractivity contribution in [2.24, 2.45) is 0 Å². The first-order valence-electron chi connectivity index (χ1n) is 9.33. The van der Waals surface area contributed by atoms with Crippen LogP contribution in [0.5, 0.6) is 5.75 Å². The van der Waals surface area contributed by atoms with Gasteiger partial charge in [0.25, 0.3) is 5.91 Å². The number of carbonyl (C=O) groups is 2. The maximum atomic E-state index is 12.3. The molecule has 7 nitrogen and oxygen atoms in total. The van der Waals surface area contributed by atoms with Gasteiger partial charge >= 0.3 is 0 Å². The zero-order valence-corrected chi connectivity index (χ0v) is 16.5. The number of ether oxygens (including phenoxy) is 3. The minimum atomic E-state index is -0.131. The highest BCUT2D eigenvalue weighted by atomic mass is 16.5. The molecule has 2 amide bonds. The lowest BCUT2D eigenvalue weighted by molar-refractivity contribution is -0.134. The Balaban J connectivity index is 1.66. The molecule has 0 atom stereocenters. The first-order chi connectivity index (χ1) is 13.0. The van der Waals surface area contributed by atoms with E-state index in [0.717, 1.165) is 18.4 Å². The molecule has 1 fully saturated rings. The van der Waals surface area contributed by atoms with Crippen molar-refractivity contribution in [1.82, 2.24) is 10.2 Å². The van der Waals surface area contributed by atoms with Gasteiger partial charge in [0, 0.05) is 26.2 Å². The third-order valence-electron chi connectivity index (χ3n) is 4.72. The number of hydrogen-bond acceptors (Lipinski definition) is 5. The third kappa shape index (κ3) is 7.19. The summed E-state index contributed by atoms with van der Waals surface area (Å²) in [5.74, 6) is 0.553. The summed E-state index contributed by atoms with van der Waals surface area (Å²) in [6.45, 7) is 6.23. The van der Waals surface area contributed by atoms with Crippen molar-refractivity contribution in [3.8, 4) is 5.75 Å². The Kier molecular flexibility index (Phi) is 8.54. The lowest BCUT2D eigenvalue weighted by Crippen LogP contribution is -2.48. The summed E-state index contributed by atoms with van der Waals surface area (Å²) in [5.41, 5.74) is 2.34. The van der Waals surface area contributed by atoms with E-state index in [0.29, 0.717) is 32.1 Å². The Morgan fingerprint density at radius 1 is 1.11 bits per heavy atom. The molecule has 27 heavy (non-hydrogen) atoms. The van der Waals surface area contributed by atoms with E-state index in [1.807, 2.05) is 32.0 Å². The zero-order valence-electron chi connectivity index (χ0n) is 16.5. The summed E-state index contributed by atoms with van der Waals surface area (Å²) in [6, 6.07) is 5.89. The second-order valence-electron chi connectivity index (χ2n) is 6.80. The number of piperidine rings is 1. The van der Waals surface area contributed by atoms with Gasteiger partial charge in [0.15, 0.2) is 6.61 Å². The van der Waals surface area contributed by atoms with Crippen LogP contribution in [-0.2, 0) is 19.1 Å². The molecule has 1 aliphatic rings. The van der Waals surface area contributed by atoms with Crippen LogP contribution in [0.25, 0.3) is 0 Å². The summed E-state index contributed by atoms with van der Waals surface area (Å²) in [6.07, 6.45) is 1.47. The molecule has 1 aliphatic heterocycles. The molecule has 1 aromatic rings. The van der Waals surface area contributed by atoms with E-state index in [9.17, 15) is 9.59 Å². The molecule has 2 rings (SSSR count). The summed E-state index contributed by atoms with van der Waals surface area (Å²) in [4.78, 5) is 26.0. The lowest BCUT2D eigenvalue weighted by Gasteiger charge is -2.32. The molecular weight excluding hydrogens is 348 g/mol. The van der Waals surface area contributed by atoms with Crippen LogP contribution in [0, 0.1) is 13.8 Å². The van der Waals surface area contributed by atoms with Crippen molar-refractivity contribution >= 4 is 11.8 Å². The van der Waals surface area contributed by atoms with Gasteiger partial charge in [-0.25, -0.2) is 0 Å². The van der Waals surface area contributed by atoms with Crippen molar-refractivity contribution in [1.29, 1.82) is 0 Å². The smallest absolute Gasteiger partial charge is 0.260 e. The Bertz CT molecular complexity index is 627. The van der Waals surface area contributed by atoms with Gasteiger partial charge in [-0.3, -0.25) is 9.59 Å². The Hall–Kier alpha value is -2.12. The standard InChI is InChI=1S/C20H30N2O5/c1-15-4-5-18(12-16(15)2)27-14-20(24)22-8-6-17(7-9-22)21-19(23)13-26-11-10-25-3/h4-5,12,17H,6-11,13-14H2,1-3H3,(H,21,23). The van der Waals surface area contributed by atoms with Crippen molar-refractivity contribution in [2.45, 2.75) is 32.7 Å². The number of nitrogens with one attached hydrogen (secondary N) is 1. The lowest BCUT2D eigenvalue weighted by atomic mass is 10.1. The molecule has 0 bridgehead atoms. The molecule has 0 spiro atoms. The quantitative estimate of drug-likeness (QED) is 0.658. The number of benzene rings is 1. The molecule has 1 N–H and O–H groups in total. The van der Waals surface area contributed by atoms with E-state index in [4.69, 9.17) is 14.2 Å². The monoisotopic (exact) mass is 378 g/mol. The number of carbonyl (C=O) groups excluding carboxylic acids is 2. The van der Waals surface area contributed by atoms with E-state index >= 15 is 0 Å². The number of aryl methyl sites for hydroxylation is 2. The van der Waals surface area contributed by atoms with Crippen LogP contribution in [-0.4, -0.2) is 69.4 Å². The topological polar surface area (TPSA) is 77.1 Å². The average Bonchev–Trinajstić information content (AvgIpc) is 2.66. The van der Waals surface area contributed by atoms with Crippen LogP contribution in [0.1, 0.15) is 24.0 Å². The molecule has 0 aliphatic carbocycles. The summed E-state index contributed by atoms with van der Waals surface area (Å²) in [7, 11) is 1.59. The minimum Gasteiger partial charge on any atom is -0.484 e. The fourth-order valence-electron chi connectivity index (χ4n) is 2.89. The van der Waals surface area contributed by atoms with Gasteiger partial charge < -0.3 is 24.4 Å². The molecule has 0 aromatic heterocycles. The van der Waals surface area contributed by atoms with Crippen molar-refractivity contribution in [3.05, 3.63) is 29.3 Å². The number of methoxy groups -OCH3 is 1. The van der Waals surface area contributed by atoms with Crippen LogP contribution in [0.2, 0.25) is 0 Å². The highest BCUT2D eigenvalue weighted by Crippen LogP contribution is 2.17. The van der Waals surface area contributed by atoms with Crippen LogP contribution in [0.3, 0.4) is 0 Å². The van der Waals surface area contributed by atoms with Crippen LogP contribution < -0.4 is 10.1 Å². The van der Waals surface area contributed by atoms with Gasteiger partial charge in [-0.05, 0) is 49.9 Å². The molecule has 1 saturated heterocycles. The first-order valence-corrected chi connectivity index (χ1v) is 9.33. The fraction of sp³-hybridized carbons (Fsp3) is 0.600. The van der Waals surface area contributed by atoms with E-state index in [-0.39, 0.29) is 31.1 Å². The van der Waals surface area contributed by atoms with Crippen LogP contribution >= 0.6 is 0 Å². The minimum absolute atomic E-state index is 0.0269. The second kappa shape index (κ2) is 10.9. The van der Waals surface area contributed by atoms with E-state index in [1.165, 1.54) is 5.56 Å². The Labute approximate surface area is 161 Å². The van der Waals surface area contributed by atoms with Crippen molar-refractivity contribution in [2.75, 3.05) is 46.6 Å². The zero-order chi connectivity index (χ0) is 19.6. The number of amides is 2. The Morgan fingerprint density at radius 2 is 1.85 bits per heavy atom. The van der Waals surface area contributed by atoms with Gasteiger partial charge in [-0.1, -0.05) is 6.07 Å². The summed E-state index contributed by atoms with van der Waals surface area (Å²) in [5, 5.41) is 2.95. The van der Waals surface area contributed by atoms with Gasteiger partial charge in [-0.2, -0.15) is 0 Å². The van der Waals surface area contributed by atoms with Gasteiger partial charge in [0.2, 0.25) is 5.91 Å². The first kappa shape index (κ1) is 21.2. The number of hydrogen-bond donors (Lipinski definition) is 1. The molecular formula is C20H30N2O5. The Morgan fingerprint density at radius 3 is 2.52 bits per heavy atom. The summed E-state index contributed by atoms with van der Waals surface area (Å²) >= 11 is 0. The molecule has 1 heterocycles. The molecule has 0 saturated carbocycles. The van der Waals surface area contributed by atoms with E-state index in [2.05, 4.69) is 5.32 Å². The molecule has 0 unspecified atom stereocenters. The van der Waals surface area contributed by atoms with Crippen LogP contribution in [0.15, 0.2) is 18.2 Å². The molecule has 150 valence electrons. The number of nitrogens with zero attached hydrogens (tertiary/aromatic N) is 1. The third-order valence-corrected chi connectivity index (χ3v) is 4.72. The SMILES string of the molecule is COCCOCC(=O)NC1CCN(C(=O)COc2ccc(C)c(C)c2)CC1. The highest BCUT2D eigenvalue weighted by molar-refractivity contribution is 5.78. The fourth-order valence-corrected chi connectivity index (χ4v) is 2.89. The van der Waals surface area contributed by atoms with Gasteiger partial charge in [-0.15, -0.1) is 0 Å². The number of rotatable bonds is 9. The van der Waals surface area contributed by atoms with E-state index < -0.39 is 0 Å². The molecule has 1 aromatic carbocycles. The maximum absolute atomic E-state index is 12.3.